The van der Waals surface area contributed by atoms with Crippen LogP contribution in [0.1, 0.15) is 25.8 Å². The first-order valence-electron chi connectivity index (χ1n) is 8.97. The van der Waals surface area contributed by atoms with Crippen molar-refractivity contribution in [3.63, 3.8) is 0 Å². The first-order valence-corrected chi connectivity index (χ1v) is 11.2. The molecule has 1 amide bonds. The molecule has 0 spiro atoms. The van der Waals surface area contributed by atoms with Crippen molar-refractivity contribution >= 4 is 38.9 Å². The topological polar surface area (TPSA) is 75.7 Å². The molecule has 0 aromatic heterocycles. The molecule has 0 aliphatic heterocycles. The SMILES string of the molecule is CCOc1ccc(N([C@H](CC)C(=O)Nc2cccc(Cl)c2C)S(C)(=O)=O)cc1. The molecule has 2 rings (SSSR count). The second-order valence-corrected chi connectivity index (χ2v) is 8.58. The van der Waals surface area contributed by atoms with Crippen molar-refractivity contribution in [2.24, 2.45) is 0 Å². The normalized spacial score (nSPS) is 12.3. The van der Waals surface area contributed by atoms with Crippen molar-refractivity contribution in [3.8, 4) is 5.75 Å². The molecule has 1 atom stereocenters. The van der Waals surface area contributed by atoms with Crippen LogP contribution in [0.25, 0.3) is 0 Å². The second kappa shape index (κ2) is 9.30. The van der Waals surface area contributed by atoms with Crippen LogP contribution in [-0.2, 0) is 14.8 Å². The number of amides is 1. The number of nitrogens with zero attached hydrogens (tertiary/aromatic N) is 1. The highest BCUT2D eigenvalue weighted by molar-refractivity contribution is 7.92. The molecule has 0 saturated heterocycles. The Kier molecular flexibility index (Phi) is 7.32. The molecule has 2 aromatic carbocycles. The van der Waals surface area contributed by atoms with Crippen molar-refractivity contribution < 1.29 is 17.9 Å². The lowest BCUT2D eigenvalue weighted by atomic mass is 10.1. The number of nitrogens with one attached hydrogen (secondary N) is 1. The predicted octanol–water partition coefficient (Wildman–Crippen LogP) is 4.23. The minimum absolute atomic E-state index is 0.297. The van der Waals surface area contributed by atoms with Gasteiger partial charge in [-0.2, -0.15) is 0 Å². The Morgan fingerprint density at radius 3 is 2.36 bits per heavy atom. The van der Waals surface area contributed by atoms with Crippen molar-refractivity contribution in [2.75, 3.05) is 22.5 Å². The summed E-state index contributed by atoms with van der Waals surface area (Å²) in [7, 11) is -3.70. The molecule has 0 heterocycles. The van der Waals surface area contributed by atoms with E-state index < -0.39 is 22.0 Å². The van der Waals surface area contributed by atoms with Crippen LogP contribution in [0.5, 0.6) is 5.75 Å². The first-order chi connectivity index (χ1) is 13.2. The fourth-order valence-corrected chi connectivity index (χ4v) is 4.26. The quantitative estimate of drug-likeness (QED) is 0.688. The van der Waals surface area contributed by atoms with Gasteiger partial charge in [0.05, 0.1) is 18.6 Å². The maximum absolute atomic E-state index is 13.0. The van der Waals surface area contributed by atoms with Gasteiger partial charge in [0, 0.05) is 10.7 Å². The van der Waals surface area contributed by atoms with E-state index in [1.165, 1.54) is 0 Å². The van der Waals surface area contributed by atoms with E-state index in [9.17, 15) is 13.2 Å². The number of hydrogen-bond donors (Lipinski definition) is 1. The zero-order valence-corrected chi connectivity index (χ0v) is 18.0. The Morgan fingerprint density at radius 2 is 1.82 bits per heavy atom. The average molecular weight is 425 g/mol. The molecule has 0 bridgehead atoms. The second-order valence-electron chi connectivity index (χ2n) is 6.31. The molecule has 0 fully saturated rings. The van der Waals surface area contributed by atoms with E-state index >= 15 is 0 Å². The number of halogens is 1. The van der Waals surface area contributed by atoms with Gasteiger partial charge in [0.15, 0.2) is 0 Å². The molecule has 0 saturated carbocycles. The lowest BCUT2D eigenvalue weighted by molar-refractivity contribution is -0.117. The van der Waals surface area contributed by atoms with Gasteiger partial charge in [-0.1, -0.05) is 24.6 Å². The number of carbonyl (C=O) groups excluding carboxylic acids is 1. The Bertz CT molecular complexity index is 930. The number of anilines is 2. The van der Waals surface area contributed by atoms with Gasteiger partial charge in [0.1, 0.15) is 11.8 Å². The number of ether oxygens (including phenoxy) is 1. The Balaban J connectivity index is 2.37. The van der Waals surface area contributed by atoms with Gasteiger partial charge in [-0.05, 0) is 62.2 Å². The van der Waals surface area contributed by atoms with Gasteiger partial charge >= 0.3 is 0 Å². The Hall–Kier alpha value is -2.25. The van der Waals surface area contributed by atoms with Crippen LogP contribution in [0.3, 0.4) is 0 Å². The van der Waals surface area contributed by atoms with Crippen LogP contribution >= 0.6 is 11.6 Å². The van der Waals surface area contributed by atoms with E-state index in [0.717, 1.165) is 16.1 Å². The van der Waals surface area contributed by atoms with Crippen LogP contribution in [-0.4, -0.2) is 33.2 Å². The summed E-state index contributed by atoms with van der Waals surface area (Å²) in [6, 6.07) is 10.9. The molecule has 0 unspecified atom stereocenters. The van der Waals surface area contributed by atoms with E-state index in [2.05, 4.69) is 5.32 Å². The molecule has 8 heteroatoms. The molecule has 6 nitrogen and oxygen atoms in total. The van der Waals surface area contributed by atoms with E-state index in [-0.39, 0.29) is 0 Å². The number of carbonyl (C=O) groups is 1. The number of rotatable bonds is 8. The van der Waals surface area contributed by atoms with Gasteiger partial charge < -0.3 is 10.1 Å². The summed E-state index contributed by atoms with van der Waals surface area (Å²) in [5.74, 6) is 0.207. The molecule has 1 N–H and O–H groups in total. The minimum Gasteiger partial charge on any atom is -0.494 e. The van der Waals surface area contributed by atoms with Crippen molar-refractivity contribution in [1.29, 1.82) is 0 Å². The molecule has 0 aliphatic rings. The van der Waals surface area contributed by atoms with E-state index in [4.69, 9.17) is 16.3 Å². The highest BCUT2D eigenvalue weighted by Gasteiger charge is 2.31. The summed E-state index contributed by atoms with van der Waals surface area (Å²) < 4.78 is 31.6. The molecule has 28 heavy (non-hydrogen) atoms. The third-order valence-corrected chi connectivity index (χ3v) is 5.85. The van der Waals surface area contributed by atoms with Crippen LogP contribution in [0, 0.1) is 6.92 Å². The molecule has 0 aliphatic carbocycles. The van der Waals surface area contributed by atoms with Gasteiger partial charge in [-0.15, -0.1) is 0 Å². The highest BCUT2D eigenvalue weighted by atomic mass is 35.5. The predicted molar refractivity (Wildman–Crippen MR) is 114 cm³/mol. The number of sulfonamides is 1. The standard InChI is InChI=1S/C20H25ClN2O4S/c1-5-19(20(24)22-18-9-7-8-17(21)14(18)3)23(28(4,25)26)15-10-12-16(13-11-15)27-6-2/h7-13,19H,5-6H2,1-4H3,(H,22,24)/t19-/m1/s1. The van der Waals surface area contributed by atoms with E-state index in [1.54, 1.807) is 56.3 Å². The van der Waals surface area contributed by atoms with Crippen molar-refractivity contribution in [2.45, 2.75) is 33.2 Å². The monoisotopic (exact) mass is 424 g/mol. The summed E-state index contributed by atoms with van der Waals surface area (Å²) in [6.45, 7) is 5.93. The van der Waals surface area contributed by atoms with Gasteiger partial charge in [0.25, 0.3) is 0 Å². The third-order valence-electron chi connectivity index (χ3n) is 4.26. The third kappa shape index (κ3) is 5.17. The average Bonchev–Trinajstić information content (AvgIpc) is 2.63. The largest absolute Gasteiger partial charge is 0.494 e. The molecular weight excluding hydrogens is 400 g/mol. The summed E-state index contributed by atoms with van der Waals surface area (Å²) in [4.78, 5) is 13.0. The van der Waals surface area contributed by atoms with Gasteiger partial charge in [-0.3, -0.25) is 9.10 Å². The van der Waals surface area contributed by atoms with Crippen LogP contribution in [0.2, 0.25) is 5.02 Å². The zero-order valence-electron chi connectivity index (χ0n) is 16.4. The lowest BCUT2D eigenvalue weighted by Crippen LogP contribution is -2.47. The highest BCUT2D eigenvalue weighted by Crippen LogP contribution is 2.27. The molecule has 152 valence electrons. The summed E-state index contributed by atoms with van der Waals surface area (Å²) in [5, 5.41) is 3.33. The summed E-state index contributed by atoms with van der Waals surface area (Å²) in [5.41, 5.74) is 1.67. The first kappa shape index (κ1) is 22.0. The number of hydrogen-bond acceptors (Lipinski definition) is 4. The number of benzene rings is 2. The zero-order chi connectivity index (χ0) is 20.9. The van der Waals surface area contributed by atoms with Crippen LogP contribution < -0.4 is 14.4 Å². The van der Waals surface area contributed by atoms with Crippen molar-refractivity contribution in [3.05, 3.63) is 53.1 Å². The van der Waals surface area contributed by atoms with Crippen molar-refractivity contribution in [1.82, 2.24) is 0 Å². The summed E-state index contributed by atoms with van der Waals surface area (Å²) >= 11 is 6.11. The summed E-state index contributed by atoms with van der Waals surface area (Å²) in [6.07, 6.45) is 1.38. The lowest BCUT2D eigenvalue weighted by Gasteiger charge is -2.30. The van der Waals surface area contributed by atoms with Crippen LogP contribution in [0.15, 0.2) is 42.5 Å². The maximum atomic E-state index is 13.0. The molecule has 0 radical (unpaired) electrons. The Labute approximate surface area is 171 Å². The maximum Gasteiger partial charge on any atom is 0.248 e. The fraction of sp³-hybridized carbons (Fsp3) is 0.350. The van der Waals surface area contributed by atoms with Gasteiger partial charge in [-0.25, -0.2) is 8.42 Å². The van der Waals surface area contributed by atoms with E-state index in [0.29, 0.717) is 35.2 Å². The Morgan fingerprint density at radius 1 is 1.18 bits per heavy atom. The fourth-order valence-electron chi connectivity index (χ4n) is 2.88. The molecule has 2 aromatic rings. The smallest absolute Gasteiger partial charge is 0.248 e. The van der Waals surface area contributed by atoms with E-state index in [1.807, 2.05) is 6.92 Å². The van der Waals surface area contributed by atoms with Gasteiger partial charge in [0.2, 0.25) is 15.9 Å². The van der Waals surface area contributed by atoms with Crippen LogP contribution in [0.4, 0.5) is 11.4 Å². The minimum atomic E-state index is -3.70. The molecular formula is C20H25ClN2O4S.